The number of rotatable bonds is 6. The van der Waals surface area contributed by atoms with Gasteiger partial charge in [0, 0.05) is 12.3 Å². The number of ketones is 1. The molecule has 1 aliphatic carbocycles. The van der Waals surface area contributed by atoms with Gasteiger partial charge in [0.05, 0.1) is 11.7 Å². The summed E-state index contributed by atoms with van der Waals surface area (Å²) in [6.45, 7) is 3.54. The highest BCUT2D eigenvalue weighted by atomic mass is 16.1. The third-order valence-corrected chi connectivity index (χ3v) is 4.81. The number of carbonyl (C=O) groups excluding carboxylic acids is 1. The van der Waals surface area contributed by atoms with E-state index in [9.17, 15) is 4.79 Å². The lowest BCUT2D eigenvalue weighted by Crippen LogP contribution is -2.31. The number of aryl methyl sites for hydroxylation is 1. The molecule has 0 aromatic carbocycles. The Kier molecular flexibility index (Phi) is 6.71. The maximum atomic E-state index is 12.1. The van der Waals surface area contributed by atoms with E-state index in [1.165, 1.54) is 32.1 Å². The van der Waals surface area contributed by atoms with Gasteiger partial charge in [0.2, 0.25) is 5.95 Å². The molecule has 7 nitrogen and oxygen atoms in total. The number of hydrogen-bond acceptors (Lipinski definition) is 6. The normalized spacial score (nSPS) is 15.9. The Balaban J connectivity index is 0.00000243. The molecule has 0 saturated heterocycles. The monoisotopic (exact) mass is 358 g/mol. The summed E-state index contributed by atoms with van der Waals surface area (Å²) in [7, 11) is 0. The first kappa shape index (κ1) is 19.9. The summed E-state index contributed by atoms with van der Waals surface area (Å²) in [5, 5.41) is 3.27. The number of nitrogen functional groups attached to an aromatic ring is 1. The summed E-state index contributed by atoms with van der Waals surface area (Å²) in [6, 6.07) is 1.56. The SMILES string of the molecule is C.CC(=O)[C@@H](CC1CCCCC1)Nc1cc(-n2cnc(C)c2)nc(N)n1. The van der Waals surface area contributed by atoms with E-state index >= 15 is 0 Å². The third-order valence-electron chi connectivity index (χ3n) is 4.81. The Labute approximate surface area is 155 Å². The minimum atomic E-state index is -0.241. The molecule has 7 heteroatoms. The van der Waals surface area contributed by atoms with Crippen molar-refractivity contribution >= 4 is 17.5 Å². The highest BCUT2D eigenvalue weighted by molar-refractivity contribution is 5.84. The van der Waals surface area contributed by atoms with Crippen LogP contribution in [0.5, 0.6) is 0 Å². The first-order chi connectivity index (χ1) is 12.0. The van der Waals surface area contributed by atoms with Gasteiger partial charge in [0.15, 0.2) is 5.78 Å². The van der Waals surface area contributed by atoms with Gasteiger partial charge >= 0.3 is 0 Å². The lowest BCUT2D eigenvalue weighted by Gasteiger charge is -2.26. The molecule has 1 saturated carbocycles. The number of anilines is 2. The van der Waals surface area contributed by atoms with E-state index in [1.54, 1.807) is 23.9 Å². The summed E-state index contributed by atoms with van der Waals surface area (Å²) in [6.07, 6.45) is 10.7. The molecule has 1 atom stereocenters. The summed E-state index contributed by atoms with van der Waals surface area (Å²) < 4.78 is 1.79. The number of imidazole rings is 1. The zero-order valence-corrected chi connectivity index (χ0v) is 14.9. The second-order valence-electron chi connectivity index (χ2n) is 6.94. The Bertz CT molecular complexity index is 735. The molecule has 1 fully saturated rings. The number of carbonyl (C=O) groups is 1. The predicted molar refractivity (Wildman–Crippen MR) is 104 cm³/mol. The zero-order valence-electron chi connectivity index (χ0n) is 14.9. The van der Waals surface area contributed by atoms with E-state index in [4.69, 9.17) is 5.73 Å². The van der Waals surface area contributed by atoms with E-state index in [0.29, 0.717) is 17.6 Å². The third kappa shape index (κ3) is 5.03. The molecule has 0 radical (unpaired) electrons. The van der Waals surface area contributed by atoms with Crippen molar-refractivity contribution in [2.24, 2.45) is 5.92 Å². The van der Waals surface area contributed by atoms with Crippen LogP contribution in [0.3, 0.4) is 0 Å². The Hall–Kier alpha value is -2.44. The van der Waals surface area contributed by atoms with Gasteiger partial charge in [-0.15, -0.1) is 0 Å². The van der Waals surface area contributed by atoms with Crippen LogP contribution in [-0.2, 0) is 4.79 Å². The molecule has 2 aromatic rings. The lowest BCUT2D eigenvalue weighted by atomic mass is 9.84. The van der Waals surface area contributed by atoms with E-state index in [-0.39, 0.29) is 25.2 Å². The Morgan fingerprint density at radius 2 is 2.08 bits per heavy atom. The van der Waals surface area contributed by atoms with Crippen molar-refractivity contribution in [2.45, 2.75) is 65.8 Å². The first-order valence-electron chi connectivity index (χ1n) is 8.94. The quantitative estimate of drug-likeness (QED) is 0.819. The van der Waals surface area contributed by atoms with Crippen molar-refractivity contribution in [3.63, 3.8) is 0 Å². The van der Waals surface area contributed by atoms with Crippen LogP contribution in [-0.4, -0.2) is 31.3 Å². The Morgan fingerprint density at radius 3 is 2.69 bits per heavy atom. The maximum absolute atomic E-state index is 12.1. The van der Waals surface area contributed by atoms with E-state index in [1.807, 2.05) is 13.1 Å². The van der Waals surface area contributed by atoms with Crippen LogP contribution in [0.15, 0.2) is 18.6 Å². The number of nitrogens with two attached hydrogens (primary N) is 1. The van der Waals surface area contributed by atoms with Crippen molar-refractivity contribution in [3.05, 3.63) is 24.3 Å². The number of nitrogens with one attached hydrogen (secondary N) is 1. The summed E-state index contributed by atoms with van der Waals surface area (Å²) in [5.41, 5.74) is 6.75. The van der Waals surface area contributed by atoms with Crippen LogP contribution in [0.1, 0.15) is 58.6 Å². The smallest absolute Gasteiger partial charge is 0.223 e. The fourth-order valence-corrected chi connectivity index (χ4v) is 3.47. The molecular weight excluding hydrogens is 328 g/mol. The van der Waals surface area contributed by atoms with Crippen LogP contribution in [0.25, 0.3) is 5.82 Å². The maximum Gasteiger partial charge on any atom is 0.223 e. The Morgan fingerprint density at radius 1 is 1.35 bits per heavy atom. The average Bonchev–Trinajstić information content (AvgIpc) is 3.01. The molecule has 26 heavy (non-hydrogen) atoms. The largest absolute Gasteiger partial charge is 0.368 e. The standard InChI is InChI=1S/C18H26N6O.CH4/c1-12-10-24(11-20-12)17-9-16(22-18(19)23-17)21-15(13(2)25)8-14-6-4-3-5-7-14;/h9-11,14-15H,3-8H2,1-2H3,(H3,19,21,22,23);1H4/t15-;/m1./s1. The highest BCUT2D eigenvalue weighted by Crippen LogP contribution is 2.28. The van der Waals surface area contributed by atoms with Crippen molar-refractivity contribution in [1.82, 2.24) is 19.5 Å². The predicted octanol–water partition coefficient (Wildman–Crippen LogP) is 3.53. The van der Waals surface area contributed by atoms with E-state index in [0.717, 1.165) is 12.1 Å². The van der Waals surface area contributed by atoms with E-state index < -0.39 is 0 Å². The molecule has 0 bridgehead atoms. The minimum absolute atomic E-state index is 0. The van der Waals surface area contributed by atoms with Gasteiger partial charge in [-0.3, -0.25) is 9.36 Å². The molecule has 2 aromatic heterocycles. The lowest BCUT2D eigenvalue weighted by molar-refractivity contribution is -0.118. The van der Waals surface area contributed by atoms with Gasteiger partial charge in [0.25, 0.3) is 0 Å². The van der Waals surface area contributed by atoms with E-state index in [2.05, 4.69) is 20.3 Å². The summed E-state index contributed by atoms with van der Waals surface area (Å²) in [4.78, 5) is 24.8. The van der Waals surface area contributed by atoms with Crippen LogP contribution in [0.4, 0.5) is 11.8 Å². The van der Waals surface area contributed by atoms with Gasteiger partial charge in [-0.25, -0.2) is 4.98 Å². The molecule has 0 unspecified atom stereocenters. The number of aromatic nitrogens is 4. The van der Waals surface area contributed by atoms with Gasteiger partial charge in [-0.2, -0.15) is 9.97 Å². The van der Waals surface area contributed by atoms with Crippen LogP contribution >= 0.6 is 0 Å². The van der Waals surface area contributed by atoms with Gasteiger partial charge < -0.3 is 11.1 Å². The highest BCUT2D eigenvalue weighted by Gasteiger charge is 2.22. The van der Waals surface area contributed by atoms with Crippen LogP contribution < -0.4 is 11.1 Å². The molecular formula is C19H30N6O. The summed E-state index contributed by atoms with van der Waals surface area (Å²) >= 11 is 0. The first-order valence-corrected chi connectivity index (χ1v) is 8.94. The molecule has 0 aliphatic heterocycles. The minimum Gasteiger partial charge on any atom is -0.368 e. The van der Waals surface area contributed by atoms with Crippen molar-refractivity contribution < 1.29 is 4.79 Å². The fourth-order valence-electron chi connectivity index (χ4n) is 3.47. The van der Waals surface area contributed by atoms with Gasteiger partial charge in [-0.05, 0) is 26.2 Å². The summed E-state index contributed by atoms with van der Waals surface area (Å²) in [5.74, 6) is 2.11. The van der Waals surface area contributed by atoms with Crippen molar-refractivity contribution in [1.29, 1.82) is 0 Å². The zero-order chi connectivity index (χ0) is 17.8. The molecule has 0 spiro atoms. The number of hydrogen-bond donors (Lipinski definition) is 2. The number of Topliss-reactive ketones (excluding diaryl/α,β-unsaturated/α-hetero) is 1. The van der Waals surface area contributed by atoms with Crippen molar-refractivity contribution in [2.75, 3.05) is 11.1 Å². The molecule has 2 heterocycles. The second-order valence-corrected chi connectivity index (χ2v) is 6.94. The van der Waals surface area contributed by atoms with Crippen molar-refractivity contribution in [3.8, 4) is 5.82 Å². The van der Waals surface area contributed by atoms with Gasteiger partial charge in [-0.1, -0.05) is 39.5 Å². The second kappa shape index (κ2) is 8.78. The topological polar surface area (TPSA) is 98.7 Å². The molecule has 3 rings (SSSR count). The molecule has 0 amide bonds. The molecule has 1 aliphatic rings. The fraction of sp³-hybridized carbons (Fsp3) is 0.579. The van der Waals surface area contributed by atoms with Crippen LogP contribution in [0, 0.1) is 12.8 Å². The van der Waals surface area contributed by atoms with Gasteiger partial charge in [0.1, 0.15) is 18.0 Å². The molecule has 3 N–H and O–H groups in total. The number of nitrogens with zero attached hydrogens (tertiary/aromatic N) is 4. The average molecular weight is 358 g/mol. The molecule has 142 valence electrons. The van der Waals surface area contributed by atoms with Crippen LogP contribution in [0.2, 0.25) is 0 Å².